The van der Waals surface area contributed by atoms with Crippen LogP contribution in [0.15, 0.2) is 48.5 Å². The van der Waals surface area contributed by atoms with E-state index >= 15 is 0 Å². The number of anilines is 1. The molecule has 39 heavy (non-hydrogen) atoms. The van der Waals surface area contributed by atoms with Crippen molar-refractivity contribution in [3.05, 3.63) is 77.0 Å². The highest BCUT2D eigenvalue weighted by Crippen LogP contribution is 2.31. The maximum Gasteiger partial charge on any atom is 0.416 e. The highest BCUT2D eigenvalue weighted by molar-refractivity contribution is 5.95. The van der Waals surface area contributed by atoms with Crippen molar-refractivity contribution in [2.75, 3.05) is 31.1 Å². The Morgan fingerprint density at radius 1 is 0.949 bits per heavy atom. The molecule has 2 aromatic heterocycles. The first kappa shape index (κ1) is 26.6. The van der Waals surface area contributed by atoms with Gasteiger partial charge in [-0.25, -0.2) is 19.0 Å². The molecule has 0 N–H and O–H groups in total. The van der Waals surface area contributed by atoms with E-state index < -0.39 is 11.7 Å². The molecule has 0 atom stereocenters. The van der Waals surface area contributed by atoms with Crippen molar-refractivity contribution < 1.29 is 22.4 Å². The van der Waals surface area contributed by atoms with Gasteiger partial charge in [0, 0.05) is 38.2 Å². The molecule has 4 aromatic rings. The molecule has 0 saturated carbocycles. The summed E-state index contributed by atoms with van der Waals surface area (Å²) in [5.41, 5.74) is 1.49. The Morgan fingerprint density at radius 2 is 1.62 bits per heavy atom. The van der Waals surface area contributed by atoms with E-state index in [1.165, 1.54) is 24.3 Å². The Bertz CT molecular complexity index is 1470. The lowest BCUT2D eigenvalue weighted by Gasteiger charge is -2.36. The van der Waals surface area contributed by atoms with Gasteiger partial charge in [0.1, 0.15) is 17.5 Å². The fourth-order valence-electron chi connectivity index (χ4n) is 4.75. The number of aromatic nitrogens is 4. The first-order valence-corrected chi connectivity index (χ1v) is 12.9. The molecule has 204 valence electrons. The second-order valence-electron chi connectivity index (χ2n) is 9.59. The van der Waals surface area contributed by atoms with Gasteiger partial charge in [-0.15, -0.1) is 0 Å². The summed E-state index contributed by atoms with van der Waals surface area (Å²) < 4.78 is 54.0. The van der Waals surface area contributed by atoms with Gasteiger partial charge in [-0.2, -0.15) is 18.3 Å². The minimum atomic E-state index is -4.45. The topological polar surface area (TPSA) is 67.2 Å². The van der Waals surface area contributed by atoms with Crippen LogP contribution in [0.3, 0.4) is 0 Å². The van der Waals surface area contributed by atoms with Gasteiger partial charge in [0.2, 0.25) is 0 Å². The lowest BCUT2D eigenvalue weighted by atomic mass is 10.1. The number of alkyl halides is 3. The average molecular weight is 541 g/mol. The van der Waals surface area contributed by atoms with E-state index in [2.05, 4.69) is 11.8 Å². The van der Waals surface area contributed by atoms with E-state index in [0.29, 0.717) is 49.8 Å². The summed E-state index contributed by atoms with van der Waals surface area (Å²) in [6.45, 7) is 5.74. The summed E-state index contributed by atoms with van der Waals surface area (Å²) in [5.74, 6) is 0.777. The number of carbonyl (C=O) groups excluding carboxylic acids is 1. The molecule has 0 bridgehead atoms. The van der Waals surface area contributed by atoms with Crippen LogP contribution in [0.4, 0.5) is 23.4 Å². The van der Waals surface area contributed by atoms with Crippen molar-refractivity contribution in [3.8, 4) is 5.69 Å². The molecule has 2 aromatic carbocycles. The van der Waals surface area contributed by atoms with E-state index in [4.69, 9.17) is 15.1 Å². The molecular formula is C28H28F4N6O. The van der Waals surface area contributed by atoms with Gasteiger partial charge in [-0.05, 0) is 61.9 Å². The maximum absolute atomic E-state index is 13.6. The highest BCUT2D eigenvalue weighted by atomic mass is 19.4. The molecule has 5 rings (SSSR count). The van der Waals surface area contributed by atoms with Gasteiger partial charge in [0.15, 0.2) is 5.65 Å². The van der Waals surface area contributed by atoms with E-state index in [1.54, 1.807) is 21.7 Å². The normalized spacial score (nSPS) is 14.3. The van der Waals surface area contributed by atoms with E-state index in [9.17, 15) is 22.4 Å². The average Bonchev–Trinajstić information content (AvgIpc) is 3.27. The molecule has 1 saturated heterocycles. The van der Waals surface area contributed by atoms with Crippen LogP contribution < -0.4 is 4.90 Å². The Hall–Kier alpha value is -4.02. The number of benzene rings is 2. The Morgan fingerprint density at radius 3 is 2.23 bits per heavy atom. The lowest BCUT2D eigenvalue weighted by molar-refractivity contribution is -0.137. The third kappa shape index (κ3) is 5.43. The van der Waals surface area contributed by atoms with Gasteiger partial charge in [0.25, 0.3) is 5.91 Å². The number of hydrogen-bond donors (Lipinski definition) is 0. The number of fused-ring (bicyclic) bond motifs is 1. The zero-order valence-electron chi connectivity index (χ0n) is 21.7. The lowest BCUT2D eigenvalue weighted by Crippen LogP contribution is -2.49. The second kappa shape index (κ2) is 10.6. The molecule has 1 fully saturated rings. The first-order chi connectivity index (χ1) is 18.7. The quantitative estimate of drug-likeness (QED) is 0.299. The van der Waals surface area contributed by atoms with Crippen LogP contribution in [0.5, 0.6) is 0 Å². The number of aryl methyl sites for hydroxylation is 2. The predicted octanol–water partition coefficient (Wildman–Crippen LogP) is 5.59. The van der Waals surface area contributed by atoms with E-state index in [-0.39, 0.29) is 17.3 Å². The van der Waals surface area contributed by atoms with Gasteiger partial charge in [0.05, 0.1) is 22.3 Å². The van der Waals surface area contributed by atoms with Gasteiger partial charge >= 0.3 is 6.18 Å². The smallest absolute Gasteiger partial charge is 0.352 e. The van der Waals surface area contributed by atoms with Crippen LogP contribution >= 0.6 is 0 Å². The van der Waals surface area contributed by atoms with Crippen LogP contribution in [0.1, 0.15) is 47.2 Å². The fraction of sp³-hybridized carbons (Fsp3) is 0.357. The van der Waals surface area contributed by atoms with Crippen molar-refractivity contribution in [1.29, 1.82) is 0 Å². The predicted molar refractivity (Wildman–Crippen MR) is 140 cm³/mol. The Kier molecular flexibility index (Phi) is 7.24. The van der Waals surface area contributed by atoms with Crippen molar-refractivity contribution >= 4 is 22.8 Å². The molecule has 0 aliphatic carbocycles. The van der Waals surface area contributed by atoms with Crippen molar-refractivity contribution in [3.63, 3.8) is 0 Å². The summed E-state index contributed by atoms with van der Waals surface area (Å²) in [6, 6.07) is 10.4. The van der Waals surface area contributed by atoms with Gasteiger partial charge < -0.3 is 9.80 Å². The molecule has 0 radical (unpaired) electrons. The number of amides is 1. The molecule has 3 heterocycles. The standard InChI is InChI=1S/C28H28F4N6O/c1-3-4-5-23-33-25(24-18(2)35-38(26(24)34-23)22-12-10-21(29)11-13-22)36-14-16-37(17-15-36)27(39)19-6-8-20(9-7-19)28(30,31)32/h6-13H,3-5,14-17H2,1-2H3. The van der Waals surface area contributed by atoms with E-state index in [1.807, 2.05) is 6.92 Å². The van der Waals surface area contributed by atoms with Gasteiger partial charge in [-0.3, -0.25) is 4.79 Å². The number of unbranched alkanes of at least 4 members (excludes halogenated alkanes) is 1. The molecule has 11 heteroatoms. The molecule has 1 aliphatic heterocycles. The van der Waals surface area contributed by atoms with Crippen LogP contribution in [0.2, 0.25) is 0 Å². The number of hydrogen-bond acceptors (Lipinski definition) is 5. The highest BCUT2D eigenvalue weighted by Gasteiger charge is 2.31. The van der Waals surface area contributed by atoms with Crippen LogP contribution in [0, 0.1) is 12.7 Å². The number of piperazine rings is 1. The zero-order chi connectivity index (χ0) is 27.7. The van der Waals surface area contributed by atoms with Crippen molar-refractivity contribution in [2.24, 2.45) is 0 Å². The molecule has 1 aliphatic rings. The fourth-order valence-corrected chi connectivity index (χ4v) is 4.75. The number of halogens is 4. The first-order valence-electron chi connectivity index (χ1n) is 12.9. The third-order valence-corrected chi connectivity index (χ3v) is 6.88. The summed E-state index contributed by atoms with van der Waals surface area (Å²) >= 11 is 0. The largest absolute Gasteiger partial charge is 0.416 e. The third-order valence-electron chi connectivity index (χ3n) is 6.88. The molecule has 0 spiro atoms. The zero-order valence-corrected chi connectivity index (χ0v) is 21.7. The van der Waals surface area contributed by atoms with Crippen molar-refractivity contribution in [2.45, 2.75) is 39.3 Å². The minimum absolute atomic E-state index is 0.221. The maximum atomic E-state index is 13.6. The van der Waals surface area contributed by atoms with Crippen LogP contribution in [-0.2, 0) is 12.6 Å². The summed E-state index contributed by atoms with van der Waals surface area (Å²) in [7, 11) is 0. The number of rotatable bonds is 6. The van der Waals surface area contributed by atoms with E-state index in [0.717, 1.165) is 41.9 Å². The number of carbonyl (C=O) groups is 1. The SMILES string of the molecule is CCCCc1nc(N2CCN(C(=O)c3ccc(C(F)(F)F)cc3)CC2)c2c(C)nn(-c3ccc(F)cc3)c2n1. The Balaban J connectivity index is 1.42. The van der Waals surface area contributed by atoms with Crippen molar-refractivity contribution in [1.82, 2.24) is 24.6 Å². The van der Waals surface area contributed by atoms with Crippen LogP contribution in [0.25, 0.3) is 16.7 Å². The number of nitrogens with zero attached hydrogens (tertiary/aromatic N) is 6. The molecule has 0 unspecified atom stereocenters. The molecule has 1 amide bonds. The summed E-state index contributed by atoms with van der Waals surface area (Å²) in [6.07, 6.45) is -1.85. The second-order valence-corrected chi connectivity index (χ2v) is 9.59. The van der Waals surface area contributed by atoms with Crippen LogP contribution in [-0.4, -0.2) is 56.7 Å². The summed E-state index contributed by atoms with van der Waals surface area (Å²) in [4.78, 5) is 26.4. The Labute approximate surface area is 223 Å². The molecule has 7 nitrogen and oxygen atoms in total. The molecular weight excluding hydrogens is 512 g/mol. The van der Waals surface area contributed by atoms with Gasteiger partial charge in [-0.1, -0.05) is 13.3 Å². The minimum Gasteiger partial charge on any atom is -0.352 e. The monoisotopic (exact) mass is 540 g/mol. The summed E-state index contributed by atoms with van der Waals surface area (Å²) in [5, 5.41) is 5.49.